The lowest BCUT2D eigenvalue weighted by atomic mass is 10.0. The molecule has 0 spiro atoms. The Labute approximate surface area is 123 Å². The molecule has 0 amide bonds. The van der Waals surface area contributed by atoms with Crippen molar-refractivity contribution >= 4 is 22.4 Å². The smallest absolute Gasteiger partial charge is 0.170 e. The molecule has 21 heavy (non-hydrogen) atoms. The number of aromatic nitrogens is 2. The number of para-hydroxylation sites is 1. The largest absolute Gasteiger partial charge is 0.398 e. The molecule has 2 aromatic carbocycles. The van der Waals surface area contributed by atoms with Crippen molar-refractivity contribution < 1.29 is 4.79 Å². The number of fused-ring (bicyclic) bond motifs is 1. The van der Waals surface area contributed by atoms with Gasteiger partial charge >= 0.3 is 0 Å². The van der Waals surface area contributed by atoms with Gasteiger partial charge in [-0.2, -0.15) is 5.10 Å². The first-order chi connectivity index (χ1) is 10.1. The molecule has 0 unspecified atom stereocenters. The number of Topliss-reactive ketones (excluding diaryl/α,β-unsaturated/α-hetero) is 1. The summed E-state index contributed by atoms with van der Waals surface area (Å²) in [7, 11) is 1.89. The first-order valence-electron chi connectivity index (χ1n) is 6.86. The van der Waals surface area contributed by atoms with E-state index in [-0.39, 0.29) is 12.2 Å². The zero-order chi connectivity index (χ0) is 15.0. The van der Waals surface area contributed by atoms with Gasteiger partial charge in [-0.3, -0.25) is 9.48 Å². The number of carbonyl (C=O) groups is 1. The number of benzene rings is 2. The second-order valence-electron chi connectivity index (χ2n) is 5.28. The number of nitrogens with zero attached hydrogens (tertiary/aromatic N) is 2. The van der Waals surface area contributed by atoms with E-state index in [1.54, 1.807) is 10.7 Å². The molecule has 0 aliphatic heterocycles. The molecule has 0 radical (unpaired) electrons. The SMILES string of the molecule is Cc1ccc(N)c(C(=O)Cc2nn(C)c3ccccc23)c1. The topological polar surface area (TPSA) is 60.9 Å². The summed E-state index contributed by atoms with van der Waals surface area (Å²) in [5, 5.41) is 5.48. The van der Waals surface area contributed by atoms with Crippen LogP contribution in [0, 0.1) is 6.92 Å². The van der Waals surface area contributed by atoms with Gasteiger partial charge in [0.05, 0.1) is 17.6 Å². The van der Waals surface area contributed by atoms with Crippen molar-refractivity contribution in [3.8, 4) is 0 Å². The molecular weight excluding hydrogens is 262 g/mol. The van der Waals surface area contributed by atoms with E-state index in [4.69, 9.17) is 5.73 Å². The summed E-state index contributed by atoms with van der Waals surface area (Å²) >= 11 is 0. The van der Waals surface area contributed by atoms with Crippen LogP contribution >= 0.6 is 0 Å². The van der Waals surface area contributed by atoms with Gasteiger partial charge in [-0.05, 0) is 25.1 Å². The van der Waals surface area contributed by atoms with Crippen LogP contribution in [-0.2, 0) is 13.5 Å². The molecule has 1 aromatic heterocycles. The molecule has 0 atom stereocenters. The Bertz CT molecular complexity index is 833. The van der Waals surface area contributed by atoms with Gasteiger partial charge in [-0.1, -0.05) is 29.8 Å². The third-order valence-corrected chi connectivity index (χ3v) is 3.67. The van der Waals surface area contributed by atoms with Crippen molar-refractivity contribution in [1.82, 2.24) is 9.78 Å². The molecule has 2 N–H and O–H groups in total. The lowest BCUT2D eigenvalue weighted by Crippen LogP contribution is -2.08. The maximum atomic E-state index is 12.5. The molecule has 0 bridgehead atoms. The highest BCUT2D eigenvalue weighted by atomic mass is 16.1. The van der Waals surface area contributed by atoms with Crippen LogP contribution in [0.25, 0.3) is 10.9 Å². The van der Waals surface area contributed by atoms with Crippen LogP contribution in [0.1, 0.15) is 21.6 Å². The zero-order valence-electron chi connectivity index (χ0n) is 12.1. The molecule has 3 rings (SSSR count). The third-order valence-electron chi connectivity index (χ3n) is 3.67. The standard InChI is InChI=1S/C17H17N3O/c1-11-7-8-14(18)13(9-11)17(21)10-15-12-5-3-4-6-16(12)20(2)19-15/h3-9H,10,18H2,1-2H3. The van der Waals surface area contributed by atoms with Gasteiger partial charge in [-0.15, -0.1) is 0 Å². The minimum Gasteiger partial charge on any atom is -0.398 e. The van der Waals surface area contributed by atoms with Gasteiger partial charge in [0.1, 0.15) is 0 Å². The van der Waals surface area contributed by atoms with E-state index in [1.807, 2.05) is 50.4 Å². The van der Waals surface area contributed by atoms with Crippen molar-refractivity contribution in [3.05, 3.63) is 59.3 Å². The summed E-state index contributed by atoms with van der Waals surface area (Å²) in [6.07, 6.45) is 0.259. The van der Waals surface area contributed by atoms with Crippen molar-refractivity contribution in [2.45, 2.75) is 13.3 Å². The number of hydrogen-bond acceptors (Lipinski definition) is 3. The van der Waals surface area contributed by atoms with Gasteiger partial charge in [0.2, 0.25) is 0 Å². The molecule has 1 heterocycles. The van der Waals surface area contributed by atoms with Crippen LogP contribution in [0.4, 0.5) is 5.69 Å². The molecule has 0 fully saturated rings. The Morgan fingerprint density at radius 3 is 2.81 bits per heavy atom. The van der Waals surface area contributed by atoms with E-state index in [0.717, 1.165) is 22.2 Å². The summed E-state index contributed by atoms with van der Waals surface area (Å²) in [5.74, 6) is 0.0000491. The van der Waals surface area contributed by atoms with E-state index in [1.165, 1.54) is 0 Å². The first kappa shape index (κ1) is 13.4. The van der Waals surface area contributed by atoms with Crippen molar-refractivity contribution in [1.29, 1.82) is 0 Å². The maximum Gasteiger partial charge on any atom is 0.170 e. The number of aryl methyl sites for hydroxylation is 2. The third kappa shape index (κ3) is 2.40. The Hall–Kier alpha value is -2.62. The number of hydrogen-bond donors (Lipinski definition) is 1. The minimum absolute atomic E-state index is 0.0000491. The second-order valence-corrected chi connectivity index (χ2v) is 5.28. The molecule has 3 aromatic rings. The van der Waals surface area contributed by atoms with Crippen LogP contribution in [0.15, 0.2) is 42.5 Å². The summed E-state index contributed by atoms with van der Waals surface area (Å²) in [6.45, 7) is 1.95. The normalized spacial score (nSPS) is 11.0. The van der Waals surface area contributed by atoms with Gasteiger partial charge in [0.15, 0.2) is 5.78 Å². The fourth-order valence-corrected chi connectivity index (χ4v) is 2.58. The lowest BCUT2D eigenvalue weighted by molar-refractivity contribution is 0.0993. The Morgan fingerprint density at radius 1 is 1.24 bits per heavy atom. The Morgan fingerprint density at radius 2 is 2.00 bits per heavy atom. The number of nitrogen functional groups attached to an aromatic ring is 1. The van der Waals surface area contributed by atoms with Gasteiger partial charge < -0.3 is 5.73 Å². The molecule has 0 aliphatic carbocycles. The van der Waals surface area contributed by atoms with Crippen molar-refractivity contribution in [2.24, 2.45) is 7.05 Å². The highest BCUT2D eigenvalue weighted by molar-refractivity contribution is 6.03. The molecule has 4 heteroatoms. The quantitative estimate of drug-likeness (QED) is 0.592. The van der Waals surface area contributed by atoms with E-state index in [2.05, 4.69) is 5.10 Å². The highest BCUT2D eigenvalue weighted by Crippen LogP contribution is 2.21. The number of nitrogens with two attached hydrogens (primary N) is 1. The van der Waals surface area contributed by atoms with Crippen LogP contribution in [-0.4, -0.2) is 15.6 Å². The minimum atomic E-state index is 0.0000491. The van der Waals surface area contributed by atoms with E-state index >= 15 is 0 Å². The van der Waals surface area contributed by atoms with Crippen molar-refractivity contribution in [2.75, 3.05) is 5.73 Å². The van der Waals surface area contributed by atoms with Crippen LogP contribution in [0.3, 0.4) is 0 Å². The fourth-order valence-electron chi connectivity index (χ4n) is 2.58. The maximum absolute atomic E-state index is 12.5. The van der Waals surface area contributed by atoms with Crippen molar-refractivity contribution in [3.63, 3.8) is 0 Å². The summed E-state index contributed by atoms with van der Waals surface area (Å²) in [5.41, 5.74) is 9.85. The Kier molecular flexibility index (Phi) is 3.22. The fraction of sp³-hybridized carbons (Fsp3) is 0.176. The molecule has 106 valence electrons. The van der Waals surface area contributed by atoms with E-state index in [9.17, 15) is 4.79 Å². The summed E-state index contributed by atoms with van der Waals surface area (Å²) in [4.78, 5) is 12.5. The average Bonchev–Trinajstić information content (AvgIpc) is 2.78. The summed E-state index contributed by atoms with van der Waals surface area (Å²) < 4.78 is 1.80. The second kappa shape index (κ2) is 5.05. The van der Waals surface area contributed by atoms with Crippen LogP contribution in [0.2, 0.25) is 0 Å². The predicted octanol–water partition coefficient (Wildman–Crippen LogP) is 2.89. The molecule has 0 saturated heterocycles. The van der Waals surface area contributed by atoms with Crippen LogP contribution < -0.4 is 5.73 Å². The van der Waals surface area contributed by atoms with Crippen LogP contribution in [0.5, 0.6) is 0 Å². The average molecular weight is 279 g/mol. The monoisotopic (exact) mass is 279 g/mol. The molecule has 4 nitrogen and oxygen atoms in total. The number of anilines is 1. The zero-order valence-corrected chi connectivity index (χ0v) is 12.1. The van der Waals surface area contributed by atoms with Gasteiger partial charge in [0.25, 0.3) is 0 Å². The van der Waals surface area contributed by atoms with E-state index in [0.29, 0.717) is 11.3 Å². The first-order valence-corrected chi connectivity index (χ1v) is 6.86. The molecular formula is C17H17N3O. The number of carbonyl (C=O) groups excluding carboxylic acids is 1. The summed E-state index contributed by atoms with van der Waals surface area (Å²) in [6, 6.07) is 13.4. The predicted molar refractivity (Wildman–Crippen MR) is 84.3 cm³/mol. The van der Waals surface area contributed by atoms with Gasteiger partial charge in [-0.25, -0.2) is 0 Å². The lowest BCUT2D eigenvalue weighted by Gasteiger charge is -2.05. The highest BCUT2D eigenvalue weighted by Gasteiger charge is 2.15. The molecule has 0 saturated carbocycles. The number of ketones is 1. The Balaban J connectivity index is 1.99. The van der Waals surface area contributed by atoms with Gasteiger partial charge in [0, 0.05) is 23.7 Å². The van der Waals surface area contributed by atoms with E-state index < -0.39 is 0 Å². The number of rotatable bonds is 3. The molecule has 0 aliphatic rings.